The Bertz CT molecular complexity index is 416. The van der Waals surface area contributed by atoms with Gasteiger partial charge in [-0.25, -0.2) is 0 Å². The minimum absolute atomic E-state index is 0.163. The van der Waals surface area contributed by atoms with Crippen molar-refractivity contribution in [3.8, 4) is 5.75 Å². The molecule has 0 spiro atoms. The fourth-order valence-corrected chi connectivity index (χ4v) is 2.14. The van der Waals surface area contributed by atoms with Crippen LogP contribution in [-0.2, 0) is 0 Å². The van der Waals surface area contributed by atoms with Crippen molar-refractivity contribution in [2.24, 2.45) is 0 Å². The maximum absolute atomic E-state index is 5.89. The Hall–Kier alpha value is -1.42. The van der Waals surface area contributed by atoms with Crippen molar-refractivity contribution in [1.29, 1.82) is 0 Å². The van der Waals surface area contributed by atoms with E-state index in [9.17, 15) is 0 Å². The third-order valence-corrected chi connectivity index (χ3v) is 3.26. The van der Waals surface area contributed by atoms with E-state index in [0.717, 1.165) is 36.3 Å². The maximum atomic E-state index is 5.89. The Morgan fingerprint density at radius 2 is 2.11 bits per heavy atom. The summed E-state index contributed by atoms with van der Waals surface area (Å²) in [4.78, 5) is 2.41. The van der Waals surface area contributed by atoms with E-state index in [2.05, 4.69) is 17.3 Å². The molecule has 1 aliphatic carbocycles. The van der Waals surface area contributed by atoms with E-state index in [4.69, 9.17) is 10.5 Å². The van der Waals surface area contributed by atoms with Crippen LogP contribution in [0.3, 0.4) is 0 Å². The van der Waals surface area contributed by atoms with Crippen molar-refractivity contribution >= 4 is 11.4 Å². The first kappa shape index (κ1) is 14.0. The van der Waals surface area contributed by atoms with E-state index in [1.165, 1.54) is 12.8 Å². The van der Waals surface area contributed by atoms with Crippen LogP contribution in [0.1, 0.15) is 26.7 Å². The number of rotatable bonds is 7. The normalized spacial score (nSPS) is 15.0. The number of hydrogen-bond donors (Lipinski definition) is 2. The van der Waals surface area contributed by atoms with Gasteiger partial charge in [-0.15, -0.1) is 0 Å². The molecular weight excluding hydrogens is 238 g/mol. The van der Waals surface area contributed by atoms with Gasteiger partial charge in [0, 0.05) is 42.6 Å². The minimum Gasteiger partial charge on any atom is -0.491 e. The summed E-state index contributed by atoms with van der Waals surface area (Å²) in [5.41, 5.74) is 7.65. The molecule has 1 aliphatic rings. The lowest BCUT2D eigenvalue weighted by Gasteiger charge is -2.17. The summed E-state index contributed by atoms with van der Waals surface area (Å²) in [6, 6.07) is 6.63. The number of benzene rings is 1. The molecule has 0 radical (unpaired) electrons. The van der Waals surface area contributed by atoms with Crippen molar-refractivity contribution in [3.63, 3.8) is 0 Å². The zero-order chi connectivity index (χ0) is 13.8. The summed E-state index contributed by atoms with van der Waals surface area (Å²) in [6.45, 7) is 6.01. The van der Waals surface area contributed by atoms with Crippen molar-refractivity contribution in [2.75, 3.05) is 31.2 Å². The Morgan fingerprint density at radius 1 is 1.37 bits per heavy atom. The second kappa shape index (κ2) is 6.15. The molecule has 0 aliphatic heterocycles. The summed E-state index contributed by atoms with van der Waals surface area (Å²) in [5, 5.41) is 3.41. The lowest BCUT2D eigenvalue weighted by atomic mass is 10.2. The van der Waals surface area contributed by atoms with Gasteiger partial charge in [-0.1, -0.05) is 0 Å². The van der Waals surface area contributed by atoms with Crippen molar-refractivity contribution in [1.82, 2.24) is 4.90 Å². The van der Waals surface area contributed by atoms with E-state index < -0.39 is 0 Å². The molecule has 4 heteroatoms. The summed E-state index contributed by atoms with van der Waals surface area (Å²) in [5.74, 6) is 0.827. The quantitative estimate of drug-likeness (QED) is 0.742. The zero-order valence-electron chi connectivity index (χ0n) is 12.1. The minimum atomic E-state index is 0.163. The van der Waals surface area contributed by atoms with Gasteiger partial charge in [-0.2, -0.15) is 0 Å². The topological polar surface area (TPSA) is 50.5 Å². The fraction of sp³-hybridized carbons (Fsp3) is 0.600. The molecule has 0 heterocycles. The van der Waals surface area contributed by atoms with Gasteiger partial charge < -0.3 is 20.7 Å². The van der Waals surface area contributed by atoms with E-state index in [0.29, 0.717) is 0 Å². The summed E-state index contributed by atoms with van der Waals surface area (Å²) >= 11 is 0. The lowest BCUT2D eigenvalue weighted by molar-refractivity contribution is 0.242. The Kier molecular flexibility index (Phi) is 4.53. The molecule has 1 fully saturated rings. The Balaban J connectivity index is 1.86. The van der Waals surface area contributed by atoms with Crippen molar-refractivity contribution < 1.29 is 4.74 Å². The lowest BCUT2D eigenvalue weighted by Crippen LogP contribution is -2.27. The van der Waals surface area contributed by atoms with Crippen LogP contribution in [0.15, 0.2) is 18.2 Å². The molecule has 4 nitrogen and oxygen atoms in total. The van der Waals surface area contributed by atoms with Gasteiger partial charge in [-0.05, 0) is 39.8 Å². The number of anilines is 2. The number of likely N-dealkylation sites (N-methyl/N-ethyl adjacent to an activating group) is 1. The van der Waals surface area contributed by atoms with Gasteiger partial charge in [0.25, 0.3) is 0 Å². The molecule has 3 N–H and O–H groups in total. The summed E-state index contributed by atoms with van der Waals surface area (Å²) in [6.07, 6.45) is 2.86. The first-order chi connectivity index (χ1) is 9.04. The van der Waals surface area contributed by atoms with Crippen LogP contribution < -0.4 is 15.8 Å². The third kappa shape index (κ3) is 4.63. The first-order valence-corrected chi connectivity index (χ1v) is 7.06. The molecule has 0 atom stereocenters. The second-order valence-corrected chi connectivity index (χ2v) is 5.60. The van der Waals surface area contributed by atoms with E-state index >= 15 is 0 Å². The van der Waals surface area contributed by atoms with Gasteiger partial charge in [0.05, 0.1) is 6.10 Å². The highest BCUT2D eigenvalue weighted by Gasteiger charge is 2.25. The smallest absolute Gasteiger partial charge is 0.123 e. The fourth-order valence-electron chi connectivity index (χ4n) is 2.14. The molecule has 0 amide bonds. The van der Waals surface area contributed by atoms with Crippen LogP contribution in [0.25, 0.3) is 0 Å². The Labute approximate surface area is 115 Å². The monoisotopic (exact) mass is 263 g/mol. The number of nitrogens with two attached hydrogens (primary N) is 1. The summed E-state index contributed by atoms with van der Waals surface area (Å²) < 4.78 is 5.68. The van der Waals surface area contributed by atoms with Crippen LogP contribution in [0.5, 0.6) is 5.75 Å². The number of hydrogen-bond acceptors (Lipinski definition) is 4. The van der Waals surface area contributed by atoms with Crippen LogP contribution in [0.4, 0.5) is 11.4 Å². The standard InChI is InChI=1S/C15H25N3O/c1-11(2)19-15-9-12(16)8-13(10-15)17-6-7-18(3)14-4-5-14/h8-11,14,17H,4-7,16H2,1-3H3. The van der Waals surface area contributed by atoms with Gasteiger partial charge in [0.2, 0.25) is 0 Å². The molecule has 0 saturated heterocycles. The molecule has 1 aromatic rings. The largest absolute Gasteiger partial charge is 0.491 e. The average molecular weight is 263 g/mol. The molecule has 106 valence electrons. The van der Waals surface area contributed by atoms with Crippen molar-refractivity contribution in [3.05, 3.63) is 18.2 Å². The van der Waals surface area contributed by atoms with Crippen LogP contribution in [0, 0.1) is 0 Å². The highest BCUT2D eigenvalue weighted by Crippen LogP contribution is 2.25. The molecule has 1 aromatic carbocycles. The number of ether oxygens (including phenoxy) is 1. The highest BCUT2D eigenvalue weighted by atomic mass is 16.5. The number of nitrogens with zero attached hydrogens (tertiary/aromatic N) is 1. The molecular formula is C15H25N3O. The molecule has 0 bridgehead atoms. The van der Waals surface area contributed by atoms with Gasteiger partial charge in [0.1, 0.15) is 5.75 Å². The molecule has 2 rings (SSSR count). The molecule has 0 unspecified atom stereocenters. The predicted molar refractivity (Wildman–Crippen MR) is 80.8 cm³/mol. The second-order valence-electron chi connectivity index (χ2n) is 5.60. The van der Waals surface area contributed by atoms with Crippen LogP contribution in [0.2, 0.25) is 0 Å². The van der Waals surface area contributed by atoms with Crippen molar-refractivity contribution in [2.45, 2.75) is 38.8 Å². The highest BCUT2D eigenvalue weighted by molar-refractivity contribution is 5.59. The SMILES string of the molecule is CC(C)Oc1cc(N)cc(NCCN(C)C2CC2)c1. The summed E-state index contributed by atoms with van der Waals surface area (Å²) in [7, 11) is 2.19. The van der Waals surface area contributed by atoms with Gasteiger partial charge in [-0.3, -0.25) is 0 Å². The van der Waals surface area contributed by atoms with E-state index in [-0.39, 0.29) is 6.10 Å². The average Bonchev–Trinajstić information content (AvgIpc) is 3.10. The predicted octanol–water partition coefficient (Wildman–Crippen LogP) is 2.56. The third-order valence-electron chi connectivity index (χ3n) is 3.26. The molecule has 0 aromatic heterocycles. The number of nitrogens with one attached hydrogen (secondary N) is 1. The van der Waals surface area contributed by atoms with E-state index in [1.54, 1.807) is 0 Å². The zero-order valence-corrected chi connectivity index (χ0v) is 12.1. The van der Waals surface area contributed by atoms with Gasteiger partial charge >= 0.3 is 0 Å². The van der Waals surface area contributed by atoms with E-state index in [1.807, 2.05) is 32.0 Å². The number of nitrogen functional groups attached to an aromatic ring is 1. The van der Waals surface area contributed by atoms with Crippen LogP contribution in [-0.4, -0.2) is 37.2 Å². The van der Waals surface area contributed by atoms with Gasteiger partial charge in [0.15, 0.2) is 0 Å². The first-order valence-electron chi connectivity index (χ1n) is 7.06. The molecule has 19 heavy (non-hydrogen) atoms. The Morgan fingerprint density at radius 3 is 2.74 bits per heavy atom. The maximum Gasteiger partial charge on any atom is 0.123 e. The molecule has 1 saturated carbocycles. The van der Waals surface area contributed by atoms with Crippen LogP contribution >= 0.6 is 0 Å².